The number of epoxide rings is 3. The highest BCUT2D eigenvalue weighted by Crippen LogP contribution is 2.80. The van der Waals surface area contributed by atoms with Gasteiger partial charge in [-0.05, 0) is 36.7 Å². The van der Waals surface area contributed by atoms with Gasteiger partial charge >= 0.3 is 11.9 Å². The highest BCUT2D eigenvalue weighted by Gasteiger charge is 2.99. The van der Waals surface area contributed by atoms with Gasteiger partial charge in [0.15, 0.2) is 11.7 Å². The van der Waals surface area contributed by atoms with Crippen molar-refractivity contribution in [3.63, 3.8) is 0 Å². The van der Waals surface area contributed by atoms with E-state index in [1.165, 1.54) is 0 Å². The number of esters is 2. The van der Waals surface area contributed by atoms with Gasteiger partial charge in [0.1, 0.15) is 30.0 Å². The van der Waals surface area contributed by atoms with E-state index in [2.05, 4.69) is 18.7 Å². The smallest absolute Gasteiger partial charge is 0.334 e. The van der Waals surface area contributed by atoms with Crippen LogP contribution in [-0.2, 0) is 38.0 Å². The maximum atomic E-state index is 13.2. The maximum absolute atomic E-state index is 13.2. The molecule has 9 nitrogen and oxygen atoms in total. The first-order valence-corrected chi connectivity index (χ1v) is 12.9. The number of carbonyl (C=O) groups excluding carboxylic acids is 2. The zero-order valence-corrected chi connectivity index (χ0v) is 19.6. The van der Waals surface area contributed by atoms with Crippen LogP contribution in [0.3, 0.4) is 0 Å². The highest BCUT2D eigenvalue weighted by atomic mass is 16.8. The molecule has 2 spiro atoms. The Labute approximate surface area is 198 Å². The van der Waals surface area contributed by atoms with Crippen molar-refractivity contribution in [2.24, 2.45) is 17.8 Å². The molecule has 0 radical (unpaired) electrons. The molecule has 9 atom stereocenters. The summed E-state index contributed by atoms with van der Waals surface area (Å²) in [7, 11) is 0. The predicted octanol–water partition coefficient (Wildman–Crippen LogP) is 0.596. The molecule has 0 N–H and O–H groups in total. The van der Waals surface area contributed by atoms with Gasteiger partial charge in [0.05, 0.1) is 25.9 Å². The Morgan fingerprint density at radius 2 is 1.97 bits per heavy atom. The minimum atomic E-state index is -0.654. The Hall–Kier alpha value is -1.52. The van der Waals surface area contributed by atoms with Gasteiger partial charge in [0, 0.05) is 24.6 Å². The van der Waals surface area contributed by atoms with Gasteiger partial charge in [-0.1, -0.05) is 13.8 Å². The summed E-state index contributed by atoms with van der Waals surface area (Å²) < 4.78 is 36.8. The standard InChI is InChI=1S/C25H31NO8/c1-12(2)23-19(33-23)20-24(34-20)16-4-3-13-15(11-30-21(13)28)14(16)9-17-25(24,32-17)22(23)31-18(27)10-26-5-7-29-8-6-26/h12,14,16-17,19-20,22H,3-11H2,1-2H3/t14-,16-,17-,19-,20-,22+,23-,24-,25+/m0/s1. The van der Waals surface area contributed by atoms with Crippen LogP contribution in [0, 0.1) is 17.8 Å². The average Bonchev–Trinajstić information content (AvgIpc) is 3.73. The van der Waals surface area contributed by atoms with Crippen LogP contribution in [-0.4, -0.2) is 97.5 Å². The van der Waals surface area contributed by atoms with Crippen molar-refractivity contribution >= 4 is 11.9 Å². The van der Waals surface area contributed by atoms with E-state index in [0.29, 0.717) is 19.8 Å². The first-order chi connectivity index (χ1) is 16.4. The number of morpholine rings is 1. The zero-order valence-electron chi connectivity index (χ0n) is 19.6. The summed E-state index contributed by atoms with van der Waals surface area (Å²) >= 11 is 0. The summed E-state index contributed by atoms with van der Waals surface area (Å²) in [5.41, 5.74) is 0.295. The Morgan fingerprint density at radius 3 is 2.76 bits per heavy atom. The van der Waals surface area contributed by atoms with Gasteiger partial charge in [0.2, 0.25) is 0 Å². The quantitative estimate of drug-likeness (QED) is 0.429. The molecule has 0 unspecified atom stereocenters. The van der Waals surface area contributed by atoms with E-state index in [1.54, 1.807) is 0 Å². The first kappa shape index (κ1) is 20.7. The van der Waals surface area contributed by atoms with Crippen LogP contribution < -0.4 is 0 Å². The molecule has 0 amide bonds. The fourth-order valence-electron chi connectivity index (χ4n) is 8.49. The number of hydrogen-bond donors (Lipinski definition) is 0. The second kappa shape index (κ2) is 6.42. The largest absolute Gasteiger partial charge is 0.458 e. The molecule has 5 aliphatic heterocycles. The molecule has 4 saturated heterocycles. The van der Waals surface area contributed by atoms with Crippen molar-refractivity contribution in [2.75, 3.05) is 39.5 Å². The third-order valence-electron chi connectivity index (χ3n) is 10.1. The SMILES string of the molecule is CC(C)[C@]12O[C@H]1[C@@H]1O[C@@]13[C@H]1CCC4=C(COC4=O)[C@@H]1C[C@@H]1O[C@@]13[C@@H]2OC(=O)CN1CCOCC1. The highest BCUT2D eigenvalue weighted by molar-refractivity contribution is 5.92. The zero-order chi connectivity index (χ0) is 23.0. The molecule has 2 saturated carbocycles. The van der Waals surface area contributed by atoms with Crippen LogP contribution in [0.4, 0.5) is 0 Å². The van der Waals surface area contributed by atoms with Crippen LogP contribution in [0.25, 0.3) is 0 Å². The summed E-state index contributed by atoms with van der Waals surface area (Å²) in [4.78, 5) is 27.5. The normalized spacial score (nSPS) is 51.9. The summed E-state index contributed by atoms with van der Waals surface area (Å²) in [5.74, 6) is 0.217. The molecule has 5 heterocycles. The van der Waals surface area contributed by atoms with Gasteiger partial charge < -0.3 is 28.4 Å². The maximum Gasteiger partial charge on any atom is 0.334 e. The van der Waals surface area contributed by atoms with Gasteiger partial charge in [0.25, 0.3) is 0 Å². The van der Waals surface area contributed by atoms with E-state index in [1.807, 2.05) is 0 Å². The molecule has 8 aliphatic rings. The number of hydrogen-bond acceptors (Lipinski definition) is 9. The third-order valence-corrected chi connectivity index (χ3v) is 10.1. The summed E-state index contributed by atoms with van der Waals surface area (Å²) in [5, 5.41) is 0. The predicted molar refractivity (Wildman–Crippen MR) is 114 cm³/mol. The van der Waals surface area contributed by atoms with Gasteiger partial charge in [-0.3, -0.25) is 9.69 Å². The van der Waals surface area contributed by atoms with Crippen molar-refractivity contribution < 1.29 is 38.0 Å². The van der Waals surface area contributed by atoms with E-state index >= 15 is 0 Å². The number of ether oxygens (including phenoxy) is 6. The van der Waals surface area contributed by atoms with Crippen molar-refractivity contribution in [1.29, 1.82) is 0 Å². The molecule has 6 fully saturated rings. The topological polar surface area (TPSA) is 103 Å². The molecule has 0 aromatic carbocycles. The number of fused-ring (bicyclic) bond motifs is 4. The summed E-state index contributed by atoms with van der Waals surface area (Å²) in [6.45, 7) is 7.65. The second-order valence-corrected chi connectivity index (χ2v) is 11.6. The van der Waals surface area contributed by atoms with E-state index < -0.39 is 22.9 Å². The Balaban J connectivity index is 1.14. The monoisotopic (exact) mass is 473 g/mol. The summed E-state index contributed by atoms with van der Waals surface area (Å²) in [6, 6.07) is 0. The van der Waals surface area contributed by atoms with E-state index in [9.17, 15) is 9.59 Å². The molecule has 9 heteroatoms. The fourth-order valence-corrected chi connectivity index (χ4v) is 8.49. The number of nitrogens with zero attached hydrogens (tertiary/aromatic N) is 1. The van der Waals surface area contributed by atoms with Crippen LogP contribution in [0.15, 0.2) is 11.1 Å². The lowest BCUT2D eigenvalue weighted by Gasteiger charge is -2.47. The third kappa shape index (κ3) is 2.25. The molecule has 0 bridgehead atoms. The Bertz CT molecular complexity index is 1020. The van der Waals surface area contributed by atoms with Crippen molar-refractivity contribution in [3.05, 3.63) is 11.1 Å². The Morgan fingerprint density at radius 1 is 1.15 bits per heavy atom. The molecule has 0 aromatic rings. The number of carbonyl (C=O) groups is 2. The summed E-state index contributed by atoms with van der Waals surface area (Å²) in [6.07, 6.45) is 1.72. The lowest BCUT2D eigenvalue weighted by atomic mass is 9.53. The minimum Gasteiger partial charge on any atom is -0.458 e. The first-order valence-electron chi connectivity index (χ1n) is 12.9. The van der Waals surface area contributed by atoms with E-state index in [0.717, 1.165) is 43.5 Å². The van der Waals surface area contributed by atoms with Crippen molar-refractivity contribution in [1.82, 2.24) is 4.90 Å². The van der Waals surface area contributed by atoms with Gasteiger partial charge in [-0.15, -0.1) is 0 Å². The molecule has 8 rings (SSSR count). The lowest BCUT2D eigenvalue weighted by molar-refractivity contribution is -0.167. The Kier molecular flexibility index (Phi) is 3.90. The van der Waals surface area contributed by atoms with Crippen LogP contribution >= 0.6 is 0 Å². The van der Waals surface area contributed by atoms with Crippen molar-refractivity contribution in [2.45, 2.75) is 74.3 Å². The second-order valence-electron chi connectivity index (χ2n) is 11.6. The van der Waals surface area contributed by atoms with Crippen LogP contribution in [0.2, 0.25) is 0 Å². The lowest BCUT2D eigenvalue weighted by Crippen LogP contribution is -2.67. The van der Waals surface area contributed by atoms with Crippen LogP contribution in [0.1, 0.15) is 33.1 Å². The molecule has 34 heavy (non-hydrogen) atoms. The fraction of sp³-hybridized carbons (Fsp3) is 0.840. The van der Waals surface area contributed by atoms with Crippen molar-refractivity contribution in [3.8, 4) is 0 Å². The molecule has 184 valence electrons. The molecular weight excluding hydrogens is 442 g/mol. The molecular formula is C25H31NO8. The van der Waals surface area contributed by atoms with E-state index in [-0.39, 0.29) is 54.5 Å². The average molecular weight is 474 g/mol. The molecule has 0 aromatic heterocycles. The number of rotatable bonds is 4. The van der Waals surface area contributed by atoms with Gasteiger partial charge in [-0.25, -0.2) is 4.79 Å². The van der Waals surface area contributed by atoms with Gasteiger partial charge in [-0.2, -0.15) is 0 Å². The van der Waals surface area contributed by atoms with E-state index in [4.69, 9.17) is 28.4 Å². The number of cyclic esters (lactones) is 1. The molecule has 3 aliphatic carbocycles. The van der Waals surface area contributed by atoms with Crippen LogP contribution in [0.5, 0.6) is 0 Å². The minimum absolute atomic E-state index is 0.0398.